The van der Waals surface area contributed by atoms with Crippen LogP contribution in [0.2, 0.25) is 5.02 Å². The zero-order chi connectivity index (χ0) is 26.5. The fourth-order valence-electron chi connectivity index (χ4n) is 4.37. The minimum Gasteiger partial charge on any atom is -0.504 e. The number of fused-ring (bicyclic) bond motifs is 1. The second-order valence-corrected chi connectivity index (χ2v) is 9.07. The van der Waals surface area contributed by atoms with Gasteiger partial charge in [-0.2, -0.15) is 0 Å². The third kappa shape index (κ3) is 5.61. The molecule has 0 saturated carbocycles. The van der Waals surface area contributed by atoms with E-state index in [-0.39, 0.29) is 43.8 Å². The monoisotopic (exact) mass is 527 g/mol. The number of methoxy groups -OCH3 is 2. The maximum absolute atomic E-state index is 13.5. The Morgan fingerprint density at radius 1 is 1.08 bits per heavy atom. The number of rotatable bonds is 9. The Bertz CT molecular complexity index is 1280. The van der Waals surface area contributed by atoms with Gasteiger partial charge in [0.1, 0.15) is 24.2 Å². The number of ether oxygens (including phenoxy) is 4. The predicted octanol–water partition coefficient (Wildman–Crippen LogP) is 4.79. The van der Waals surface area contributed by atoms with Crippen LogP contribution in [0.3, 0.4) is 0 Å². The summed E-state index contributed by atoms with van der Waals surface area (Å²) >= 11 is 6.51. The Kier molecular flexibility index (Phi) is 8.43. The van der Waals surface area contributed by atoms with Gasteiger partial charge in [0.15, 0.2) is 11.5 Å². The average Bonchev–Trinajstić information content (AvgIpc) is 3.02. The number of aliphatic hydroxyl groups excluding tert-OH is 1. The number of phenolic OH excluding ortho intramolecular Hbond substituents is 1. The van der Waals surface area contributed by atoms with Gasteiger partial charge >= 0.3 is 0 Å². The number of halogens is 1. The maximum Gasteiger partial charge on any atom is 0.253 e. The van der Waals surface area contributed by atoms with Crippen molar-refractivity contribution in [2.45, 2.75) is 26.0 Å². The molecule has 196 valence electrons. The molecule has 2 N–H and O–H groups in total. The topological polar surface area (TPSA) is 97.7 Å². The van der Waals surface area contributed by atoms with Gasteiger partial charge in [-0.05, 0) is 42.3 Å². The van der Waals surface area contributed by atoms with Crippen molar-refractivity contribution in [1.82, 2.24) is 0 Å². The minimum atomic E-state index is -0.824. The quantitative estimate of drug-likeness (QED) is 0.386. The number of hydrogen-bond acceptors (Lipinski definition) is 7. The molecule has 0 aliphatic carbocycles. The van der Waals surface area contributed by atoms with Gasteiger partial charge in [-0.1, -0.05) is 29.8 Å². The van der Waals surface area contributed by atoms with Crippen LogP contribution in [0.1, 0.15) is 34.8 Å². The number of nitrogens with zero attached hydrogens (tertiary/aromatic N) is 1. The van der Waals surface area contributed by atoms with Crippen molar-refractivity contribution in [2.24, 2.45) is 0 Å². The van der Waals surface area contributed by atoms with Gasteiger partial charge in [-0.15, -0.1) is 0 Å². The Morgan fingerprint density at radius 2 is 1.89 bits per heavy atom. The standard InChI is InChI=1S/C28H30ClNO7/c1-17-12-20(34-2)9-8-18(17)15-30-25(32)16-37-28(21-6-4-7-23(35-3)27(21)33)22-13-19(29)14-24(26(22)30)36-11-5-10-31/h4,6-9,12-14,28,31,33H,5,10-11,15-16H2,1-3H3/t28-/m1/s1. The van der Waals surface area contributed by atoms with Crippen LogP contribution in [0, 0.1) is 6.92 Å². The number of aryl methyl sites for hydroxylation is 1. The molecular weight excluding hydrogens is 498 g/mol. The second kappa shape index (κ2) is 11.7. The van der Waals surface area contributed by atoms with E-state index < -0.39 is 6.10 Å². The summed E-state index contributed by atoms with van der Waals surface area (Å²) in [5.74, 6) is 1.02. The van der Waals surface area contributed by atoms with E-state index in [0.717, 1.165) is 16.9 Å². The molecule has 37 heavy (non-hydrogen) atoms. The summed E-state index contributed by atoms with van der Waals surface area (Å²) < 4.78 is 22.7. The van der Waals surface area contributed by atoms with Gasteiger partial charge in [-0.3, -0.25) is 4.79 Å². The Morgan fingerprint density at radius 3 is 2.59 bits per heavy atom. The van der Waals surface area contributed by atoms with Crippen LogP contribution in [0.4, 0.5) is 5.69 Å². The molecule has 1 aliphatic heterocycles. The average molecular weight is 528 g/mol. The van der Waals surface area contributed by atoms with E-state index in [1.54, 1.807) is 42.3 Å². The van der Waals surface area contributed by atoms with Gasteiger partial charge < -0.3 is 34.1 Å². The number of para-hydroxylation sites is 1. The van der Waals surface area contributed by atoms with E-state index >= 15 is 0 Å². The van der Waals surface area contributed by atoms with Crippen molar-refractivity contribution in [3.8, 4) is 23.0 Å². The number of aromatic hydroxyl groups is 1. The lowest BCUT2D eigenvalue weighted by Crippen LogP contribution is -2.33. The smallest absolute Gasteiger partial charge is 0.253 e. The predicted molar refractivity (Wildman–Crippen MR) is 140 cm³/mol. The van der Waals surface area contributed by atoms with Crippen LogP contribution >= 0.6 is 11.6 Å². The van der Waals surface area contributed by atoms with Crippen LogP contribution < -0.4 is 19.1 Å². The van der Waals surface area contributed by atoms with Gasteiger partial charge in [0, 0.05) is 35.2 Å². The molecule has 1 aliphatic rings. The Balaban J connectivity index is 1.88. The first-order valence-electron chi connectivity index (χ1n) is 11.9. The molecule has 0 fully saturated rings. The summed E-state index contributed by atoms with van der Waals surface area (Å²) in [4.78, 5) is 15.1. The van der Waals surface area contributed by atoms with Crippen molar-refractivity contribution >= 4 is 23.2 Å². The zero-order valence-electron chi connectivity index (χ0n) is 21.0. The van der Waals surface area contributed by atoms with E-state index in [0.29, 0.717) is 34.0 Å². The van der Waals surface area contributed by atoms with E-state index in [9.17, 15) is 15.0 Å². The maximum atomic E-state index is 13.5. The first-order chi connectivity index (χ1) is 17.9. The lowest BCUT2D eigenvalue weighted by Gasteiger charge is -2.27. The third-order valence-corrected chi connectivity index (χ3v) is 6.49. The van der Waals surface area contributed by atoms with Crippen molar-refractivity contribution in [3.63, 3.8) is 0 Å². The van der Waals surface area contributed by atoms with E-state index in [2.05, 4.69) is 0 Å². The molecular formula is C28H30ClNO7. The Hall–Kier alpha value is -3.46. The van der Waals surface area contributed by atoms with Gasteiger partial charge in [0.2, 0.25) is 0 Å². The van der Waals surface area contributed by atoms with Crippen LogP contribution in [0.25, 0.3) is 0 Å². The number of carbonyl (C=O) groups is 1. The molecule has 3 aromatic rings. The molecule has 3 aromatic carbocycles. The number of phenols is 1. The fourth-order valence-corrected chi connectivity index (χ4v) is 4.59. The highest BCUT2D eigenvalue weighted by Crippen LogP contribution is 2.47. The van der Waals surface area contributed by atoms with Crippen molar-refractivity contribution in [2.75, 3.05) is 38.9 Å². The molecule has 1 amide bonds. The van der Waals surface area contributed by atoms with Gasteiger partial charge in [-0.25, -0.2) is 0 Å². The van der Waals surface area contributed by atoms with Crippen molar-refractivity contribution in [1.29, 1.82) is 0 Å². The van der Waals surface area contributed by atoms with Crippen LogP contribution in [-0.4, -0.2) is 50.2 Å². The normalized spacial score (nSPS) is 15.2. The van der Waals surface area contributed by atoms with Gasteiger partial charge in [0.25, 0.3) is 5.91 Å². The van der Waals surface area contributed by atoms with Gasteiger partial charge in [0.05, 0.1) is 33.1 Å². The molecule has 1 atom stereocenters. The number of benzene rings is 3. The van der Waals surface area contributed by atoms with E-state index in [4.69, 9.17) is 30.5 Å². The third-order valence-electron chi connectivity index (χ3n) is 6.27. The molecule has 0 unspecified atom stereocenters. The lowest BCUT2D eigenvalue weighted by atomic mass is 9.97. The van der Waals surface area contributed by atoms with Crippen LogP contribution in [-0.2, 0) is 16.1 Å². The summed E-state index contributed by atoms with van der Waals surface area (Å²) in [6.07, 6.45) is -0.418. The summed E-state index contributed by atoms with van der Waals surface area (Å²) in [5.41, 5.74) is 3.36. The first-order valence-corrected chi connectivity index (χ1v) is 12.2. The molecule has 0 saturated heterocycles. The highest BCUT2D eigenvalue weighted by atomic mass is 35.5. The fraction of sp³-hybridized carbons (Fsp3) is 0.321. The number of amides is 1. The zero-order valence-corrected chi connectivity index (χ0v) is 21.7. The van der Waals surface area contributed by atoms with Crippen LogP contribution in [0.5, 0.6) is 23.0 Å². The number of carbonyl (C=O) groups excluding carboxylic acids is 1. The molecule has 8 nitrogen and oxygen atoms in total. The minimum absolute atomic E-state index is 0.0418. The highest BCUT2D eigenvalue weighted by Gasteiger charge is 2.35. The summed E-state index contributed by atoms with van der Waals surface area (Å²) in [6, 6.07) is 14.1. The summed E-state index contributed by atoms with van der Waals surface area (Å²) in [6.45, 7) is 2.15. The molecule has 1 heterocycles. The SMILES string of the molecule is COc1ccc(CN2C(=O)CO[C@H](c3cccc(OC)c3O)c3cc(Cl)cc(OCCCO)c32)c(C)c1. The van der Waals surface area contributed by atoms with Crippen molar-refractivity contribution in [3.05, 3.63) is 75.8 Å². The van der Waals surface area contributed by atoms with Crippen molar-refractivity contribution < 1.29 is 34.0 Å². The molecule has 9 heteroatoms. The molecule has 0 aromatic heterocycles. The van der Waals surface area contributed by atoms with E-state index in [1.807, 2.05) is 25.1 Å². The first kappa shape index (κ1) is 26.6. The number of hydrogen-bond donors (Lipinski definition) is 2. The largest absolute Gasteiger partial charge is 0.504 e. The molecule has 0 bridgehead atoms. The Labute approximate surface area is 220 Å². The van der Waals surface area contributed by atoms with Crippen LogP contribution in [0.15, 0.2) is 48.5 Å². The molecule has 4 rings (SSSR count). The second-order valence-electron chi connectivity index (χ2n) is 8.63. The number of anilines is 1. The molecule has 0 radical (unpaired) electrons. The van der Waals surface area contributed by atoms with E-state index in [1.165, 1.54) is 7.11 Å². The molecule has 0 spiro atoms. The number of aliphatic hydroxyl groups is 1. The summed E-state index contributed by atoms with van der Waals surface area (Å²) in [5, 5.41) is 20.6. The lowest BCUT2D eigenvalue weighted by molar-refractivity contribution is -0.124. The highest BCUT2D eigenvalue weighted by molar-refractivity contribution is 6.31. The summed E-state index contributed by atoms with van der Waals surface area (Å²) in [7, 11) is 3.07.